The van der Waals surface area contributed by atoms with Crippen LogP contribution in [0.15, 0.2) is 42.5 Å². The lowest BCUT2D eigenvalue weighted by Crippen LogP contribution is -2.24. The van der Waals surface area contributed by atoms with Crippen LogP contribution in [0.1, 0.15) is 22.5 Å². The van der Waals surface area contributed by atoms with Crippen molar-refractivity contribution in [3.05, 3.63) is 47.3 Å². The molecule has 1 amide bonds. The average Bonchev–Trinajstić information content (AvgIpc) is 3.04. The number of hydrogen-bond donors (Lipinski definition) is 1. The molecule has 0 bridgehead atoms. The molecule has 1 heterocycles. The van der Waals surface area contributed by atoms with Crippen LogP contribution < -0.4 is 5.32 Å². The third-order valence-corrected chi connectivity index (χ3v) is 3.93. The Hall–Kier alpha value is -1.61. The van der Waals surface area contributed by atoms with E-state index in [0.717, 1.165) is 22.6 Å². The molecule has 1 fully saturated rings. The van der Waals surface area contributed by atoms with Crippen molar-refractivity contribution >= 4 is 17.2 Å². The number of benzene rings is 1. The van der Waals surface area contributed by atoms with Gasteiger partial charge in [0.1, 0.15) is 0 Å². The predicted octanol–water partition coefficient (Wildman–Crippen LogP) is 3.31. The Morgan fingerprint density at radius 2 is 1.88 bits per heavy atom. The summed E-state index contributed by atoms with van der Waals surface area (Å²) in [5.41, 5.74) is 1.17. The Bertz CT molecular complexity index is 528. The van der Waals surface area contributed by atoms with E-state index in [-0.39, 0.29) is 5.91 Å². The first kappa shape index (κ1) is 10.5. The first-order valence-electron chi connectivity index (χ1n) is 5.79. The molecule has 1 aromatic heterocycles. The third kappa shape index (κ3) is 2.39. The molecule has 3 rings (SSSR count). The minimum atomic E-state index is 0.0691. The van der Waals surface area contributed by atoms with E-state index in [9.17, 15) is 4.79 Å². The van der Waals surface area contributed by atoms with Gasteiger partial charge in [-0.2, -0.15) is 0 Å². The molecule has 0 atom stereocenters. The van der Waals surface area contributed by atoms with Crippen LogP contribution in [0.3, 0.4) is 0 Å². The number of rotatable bonds is 3. The molecule has 17 heavy (non-hydrogen) atoms. The topological polar surface area (TPSA) is 29.1 Å². The zero-order valence-corrected chi connectivity index (χ0v) is 10.2. The fraction of sp³-hybridized carbons (Fsp3) is 0.214. The highest BCUT2D eigenvalue weighted by Crippen LogP contribution is 2.28. The Morgan fingerprint density at radius 1 is 1.12 bits per heavy atom. The van der Waals surface area contributed by atoms with Crippen LogP contribution in [0.2, 0.25) is 0 Å². The predicted molar refractivity (Wildman–Crippen MR) is 70.2 cm³/mol. The zero-order chi connectivity index (χ0) is 11.7. The van der Waals surface area contributed by atoms with Crippen LogP contribution in [0.25, 0.3) is 10.4 Å². The van der Waals surface area contributed by atoms with E-state index < -0.39 is 0 Å². The van der Waals surface area contributed by atoms with E-state index in [1.807, 2.05) is 30.3 Å². The van der Waals surface area contributed by atoms with Gasteiger partial charge in [0.2, 0.25) is 0 Å². The number of thiophene rings is 1. The molecule has 1 saturated carbocycles. The highest BCUT2D eigenvalue weighted by molar-refractivity contribution is 7.17. The van der Waals surface area contributed by atoms with Gasteiger partial charge in [-0.25, -0.2) is 0 Å². The molecule has 2 nitrogen and oxygen atoms in total. The summed E-state index contributed by atoms with van der Waals surface area (Å²) < 4.78 is 0. The second-order valence-corrected chi connectivity index (χ2v) is 5.36. The Labute approximate surface area is 104 Å². The quantitative estimate of drug-likeness (QED) is 0.880. The number of carbonyl (C=O) groups excluding carboxylic acids is 1. The number of amides is 1. The van der Waals surface area contributed by atoms with Gasteiger partial charge in [0.05, 0.1) is 4.88 Å². The van der Waals surface area contributed by atoms with Crippen molar-refractivity contribution in [3.8, 4) is 10.4 Å². The Kier molecular flexibility index (Phi) is 2.69. The summed E-state index contributed by atoms with van der Waals surface area (Å²) in [6.07, 6.45) is 2.26. The summed E-state index contributed by atoms with van der Waals surface area (Å²) in [7, 11) is 0. The van der Waals surface area contributed by atoms with Crippen molar-refractivity contribution in [2.75, 3.05) is 0 Å². The molecule has 1 aliphatic rings. The second kappa shape index (κ2) is 4.34. The van der Waals surface area contributed by atoms with Crippen molar-refractivity contribution in [2.24, 2.45) is 0 Å². The molecular formula is C14H13NOS. The van der Waals surface area contributed by atoms with Gasteiger partial charge in [-0.1, -0.05) is 30.3 Å². The average molecular weight is 243 g/mol. The standard InChI is InChI=1S/C14H13NOS/c16-14(15-11-6-7-11)13-9-8-12(17-13)10-4-2-1-3-5-10/h1-5,8-9,11H,6-7H2,(H,15,16). The first-order chi connectivity index (χ1) is 8.33. The van der Waals surface area contributed by atoms with E-state index >= 15 is 0 Å². The van der Waals surface area contributed by atoms with Crippen LogP contribution in [0, 0.1) is 0 Å². The monoisotopic (exact) mass is 243 g/mol. The maximum Gasteiger partial charge on any atom is 0.261 e. The molecule has 0 unspecified atom stereocenters. The van der Waals surface area contributed by atoms with Crippen molar-refractivity contribution in [3.63, 3.8) is 0 Å². The maximum atomic E-state index is 11.8. The lowest BCUT2D eigenvalue weighted by molar-refractivity contribution is 0.0955. The van der Waals surface area contributed by atoms with Crippen LogP contribution >= 0.6 is 11.3 Å². The third-order valence-electron chi connectivity index (χ3n) is 2.80. The summed E-state index contributed by atoms with van der Waals surface area (Å²) in [5.74, 6) is 0.0691. The van der Waals surface area contributed by atoms with Crippen molar-refractivity contribution in [2.45, 2.75) is 18.9 Å². The minimum Gasteiger partial charge on any atom is -0.349 e. The highest BCUT2D eigenvalue weighted by Gasteiger charge is 2.24. The van der Waals surface area contributed by atoms with Crippen molar-refractivity contribution in [1.29, 1.82) is 0 Å². The second-order valence-electron chi connectivity index (χ2n) is 4.28. The van der Waals surface area contributed by atoms with Gasteiger partial charge >= 0.3 is 0 Å². The normalized spacial score (nSPS) is 14.6. The summed E-state index contributed by atoms with van der Waals surface area (Å²) in [5, 5.41) is 3.01. The van der Waals surface area contributed by atoms with E-state index in [1.54, 1.807) is 11.3 Å². The Morgan fingerprint density at radius 3 is 2.59 bits per heavy atom. The maximum absolute atomic E-state index is 11.8. The molecule has 1 N–H and O–H groups in total. The molecule has 0 saturated heterocycles. The van der Waals surface area contributed by atoms with Gasteiger partial charge in [-0.05, 0) is 30.5 Å². The molecule has 2 aromatic rings. The van der Waals surface area contributed by atoms with E-state index in [2.05, 4.69) is 17.4 Å². The van der Waals surface area contributed by atoms with Gasteiger partial charge in [-0.15, -0.1) is 11.3 Å². The molecule has 1 aliphatic carbocycles. The number of carbonyl (C=O) groups is 1. The summed E-state index contributed by atoms with van der Waals surface area (Å²) >= 11 is 1.55. The summed E-state index contributed by atoms with van der Waals surface area (Å²) in [6.45, 7) is 0. The van der Waals surface area contributed by atoms with Gasteiger partial charge in [0, 0.05) is 10.9 Å². The molecule has 0 aliphatic heterocycles. The summed E-state index contributed by atoms with van der Waals surface area (Å²) in [4.78, 5) is 13.8. The fourth-order valence-corrected chi connectivity index (χ4v) is 2.62. The SMILES string of the molecule is O=C(NC1CC1)c1ccc(-c2ccccc2)s1. The smallest absolute Gasteiger partial charge is 0.261 e. The van der Waals surface area contributed by atoms with Gasteiger partial charge in [0.15, 0.2) is 0 Å². The fourth-order valence-electron chi connectivity index (χ4n) is 1.70. The molecule has 3 heteroatoms. The number of nitrogens with one attached hydrogen (secondary N) is 1. The van der Waals surface area contributed by atoms with Crippen molar-refractivity contribution < 1.29 is 4.79 Å². The lowest BCUT2D eigenvalue weighted by atomic mass is 10.2. The molecule has 0 radical (unpaired) electrons. The first-order valence-corrected chi connectivity index (χ1v) is 6.61. The molecular weight excluding hydrogens is 230 g/mol. The highest BCUT2D eigenvalue weighted by atomic mass is 32.1. The zero-order valence-electron chi connectivity index (χ0n) is 9.35. The lowest BCUT2D eigenvalue weighted by Gasteiger charge is -1.99. The minimum absolute atomic E-state index is 0.0691. The van der Waals surface area contributed by atoms with Crippen LogP contribution in [0.5, 0.6) is 0 Å². The molecule has 0 spiro atoms. The Balaban J connectivity index is 1.80. The van der Waals surface area contributed by atoms with Crippen LogP contribution in [-0.4, -0.2) is 11.9 Å². The van der Waals surface area contributed by atoms with Gasteiger partial charge in [-0.3, -0.25) is 4.79 Å². The van der Waals surface area contributed by atoms with Gasteiger partial charge in [0.25, 0.3) is 5.91 Å². The van der Waals surface area contributed by atoms with Crippen LogP contribution in [0.4, 0.5) is 0 Å². The van der Waals surface area contributed by atoms with Crippen LogP contribution in [-0.2, 0) is 0 Å². The molecule has 1 aromatic carbocycles. The largest absolute Gasteiger partial charge is 0.349 e. The number of hydrogen-bond acceptors (Lipinski definition) is 2. The van der Waals surface area contributed by atoms with Crippen molar-refractivity contribution in [1.82, 2.24) is 5.32 Å². The van der Waals surface area contributed by atoms with E-state index in [0.29, 0.717) is 6.04 Å². The van der Waals surface area contributed by atoms with E-state index in [4.69, 9.17) is 0 Å². The van der Waals surface area contributed by atoms with E-state index in [1.165, 1.54) is 5.56 Å². The van der Waals surface area contributed by atoms with Gasteiger partial charge < -0.3 is 5.32 Å². The molecule has 86 valence electrons. The summed E-state index contributed by atoms with van der Waals surface area (Å²) in [6, 6.07) is 14.5.